The summed E-state index contributed by atoms with van der Waals surface area (Å²) in [5.74, 6) is 1.28. The summed E-state index contributed by atoms with van der Waals surface area (Å²) >= 11 is 0. The minimum absolute atomic E-state index is 0.309. The molecule has 0 saturated carbocycles. The summed E-state index contributed by atoms with van der Waals surface area (Å²) in [5, 5.41) is 2.26. The molecule has 0 unspecified atom stereocenters. The fourth-order valence-electron chi connectivity index (χ4n) is 3.88. The van der Waals surface area contributed by atoms with Crippen molar-refractivity contribution in [1.29, 1.82) is 0 Å². The van der Waals surface area contributed by atoms with Crippen LogP contribution >= 0.6 is 0 Å². The Labute approximate surface area is 171 Å². The number of hydrogen-bond acceptors (Lipinski definition) is 4. The van der Waals surface area contributed by atoms with Crippen LogP contribution in [0.15, 0.2) is 64.5 Å². The highest BCUT2D eigenvalue weighted by Crippen LogP contribution is 2.29. The molecule has 1 aliphatic heterocycles. The van der Waals surface area contributed by atoms with Crippen molar-refractivity contribution in [3.05, 3.63) is 71.3 Å². The number of hydrogen-bond donors (Lipinski definition) is 0. The van der Waals surface area contributed by atoms with Gasteiger partial charge < -0.3 is 4.74 Å². The Morgan fingerprint density at radius 2 is 1.79 bits per heavy atom. The number of aliphatic imine (C=N–C) groups is 1. The highest BCUT2D eigenvalue weighted by atomic mass is 32.2. The summed E-state index contributed by atoms with van der Waals surface area (Å²) in [6, 6.07) is 17.7. The van der Waals surface area contributed by atoms with Crippen molar-refractivity contribution < 1.29 is 13.2 Å². The van der Waals surface area contributed by atoms with Gasteiger partial charge in [0.25, 0.3) is 10.0 Å². The first-order valence-corrected chi connectivity index (χ1v) is 11.0. The van der Waals surface area contributed by atoms with Crippen LogP contribution in [0.4, 0.5) is 0 Å². The molecule has 0 aliphatic carbocycles. The number of rotatable bonds is 5. The number of sulfonamides is 1. The van der Waals surface area contributed by atoms with Gasteiger partial charge in [-0.1, -0.05) is 42.5 Å². The van der Waals surface area contributed by atoms with Gasteiger partial charge in [-0.3, -0.25) is 9.30 Å². The molecule has 0 bridgehead atoms. The second-order valence-electron chi connectivity index (χ2n) is 7.28. The summed E-state index contributed by atoms with van der Waals surface area (Å²) in [7, 11) is -2.10. The molecule has 3 aromatic carbocycles. The van der Waals surface area contributed by atoms with Crippen molar-refractivity contribution in [2.75, 3.05) is 20.2 Å². The third-order valence-corrected chi connectivity index (χ3v) is 7.34. The Kier molecular flexibility index (Phi) is 5.04. The Hall–Kier alpha value is -2.86. The zero-order valence-corrected chi connectivity index (χ0v) is 17.7. The van der Waals surface area contributed by atoms with Gasteiger partial charge in [0.1, 0.15) is 11.6 Å². The normalized spacial score (nSPS) is 14.3. The van der Waals surface area contributed by atoms with E-state index in [9.17, 15) is 8.42 Å². The average molecular weight is 409 g/mol. The standard InChI is InChI=1S/C23H24N2O3S/c1-16-14-22(17(2)13-21(16)28-3)29(26,27)25-12-11-24-23(25)15-19-9-6-8-18-7-4-5-10-20(18)19/h4-10,13-14H,11-12,15H2,1-3H3. The maximum atomic E-state index is 13.5. The van der Waals surface area contributed by atoms with E-state index in [1.54, 1.807) is 26.2 Å². The molecule has 0 saturated heterocycles. The van der Waals surface area contributed by atoms with Gasteiger partial charge >= 0.3 is 0 Å². The van der Waals surface area contributed by atoms with E-state index in [1.165, 1.54) is 4.31 Å². The first-order chi connectivity index (χ1) is 13.9. The van der Waals surface area contributed by atoms with E-state index in [2.05, 4.69) is 23.2 Å². The molecule has 1 heterocycles. The van der Waals surface area contributed by atoms with Crippen LogP contribution in [0.1, 0.15) is 16.7 Å². The lowest BCUT2D eigenvalue weighted by atomic mass is 10.0. The highest BCUT2D eigenvalue weighted by Gasteiger charge is 2.32. The van der Waals surface area contributed by atoms with Gasteiger partial charge in [-0.15, -0.1) is 0 Å². The van der Waals surface area contributed by atoms with Gasteiger partial charge in [0, 0.05) is 6.42 Å². The van der Waals surface area contributed by atoms with E-state index in [1.807, 2.05) is 31.2 Å². The van der Waals surface area contributed by atoms with Gasteiger partial charge in [0.15, 0.2) is 0 Å². The van der Waals surface area contributed by atoms with Crippen molar-refractivity contribution in [1.82, 2.24) is 4.31 Å². The van der Waals surface area contributed by atoms with Crippen LogP contribution in [0, 0.1) is 13.8 Å². The zero-order valence-electron chi connectivity index (χ0n) is 16.8. The quantitative estimate of drug-likeness (QED) is 0.638. The van der Waals surface area contributed by atoms with Crippen LogP contribution in [-0.2, 0) is 16.4 Å². The lowest BCUT2D eigenvalue weighted by molar-refractivity contribution is 0.410. The number of fused-ring (bicyclic) bond motifs is 1. The molecule has 5 nitrogen and oxygen atoms in total. The largest absolute Gasteiger partial charge is 0.496 e. The topological polar surface area (TPSA) is 59.0 Å². The van der Waals surface area contributed by atoms with Gasteiger partial charge in [0.05, 0.1) is 25.1 Å². The molecule has 29 heavy (non-hydrogen) atoms. The molecule has 0 fully saturated rings. The monoisotopic (exact) mass is 408 g/mol. The summed E-state index contributed by atoms with van der Waals surface area (Å²) in [6.07, 6.45) is 0.481. The second-order valence-corrected chi connectivity index (χ2v) is 9.11. The molecule has 0 radical (unpaired) electrons. The van der Waals surface area contributed by atoms with E-state index < -0.39 is 10.0 Å². The van der Waals surface area contributed by atoms with Crippen LogP contribution in [0.25, 0.3) is 10.8 Å². The number of aryl methyl sites for hydroxylation is 2. The minimum atomic E-state index is -3.69. The van der Waals surface area contributed by atoms with Crippen LogP contribution in [0.2, 0.25) is 0 Å². The SMILES string of the molecule is COc1cc(C)c(S(=O)(=O)N2CCN=C2Cc2cccc3ccccc23)cc1C. The predicted octanol–water partition coefficient (Wildman–Crippen LogP) is 4.11. The number of methoxy groups -OCH3 is 1. The molecule has 150 valence electrons. The van der Waals surface area contributed by atoms with Crippen molar-refractivity contribution in [3.8, 4) is 5.75 Å². The maximum Gasteiger partial charge on any atom is 0.265 e. The van der Waals surface area contributed by atoms with E-state index in [0.29, 0.717) is 41.6 Å². The lowest BCUT2D eigenvalue weighted by Gasteiger charge is -2.22. The molecule has 1 aliphatic rings. The molecule has 3 aromatic rings. The minimum Gasteiger partial charge on any atom is -0.496 e. The number of amidine groups is 1. The molecule has 0 aromatic heterocycles. The Morgan fingerprint density at radius 1 is 1.03 bits per heavy atom. The molecule has 0 amide bonds. The summed E-state index contributed by atoms with van der Waals surface area (Å²) < 4.78 is 33.7. The molecular weight excluding hydrogens is 384 g/mol. The third-order valence-electron chi connectivity index (χ3n) is 5.37. The smallest absolute Gasteiger partial charge is 0.265 e. The van der Waals surface area contributed by atoms with Crippen LogP contribution in [0.3, 0.4) is 0 Å². The molecule has 0 spiro atoms. The third kappa shape index (κ3) is 3.49. The Bertz CT molecular complexity index is 1210. The lowest BCUT2D eigenvalue weighted by Crippen LogP contribution is -2.35. The van der Waals surface area contributed by atoms with E-state index in [4.69, 9.17) is 4.74 Å². The molecule has 6 heteroatoms. The molecule has 4 rings (SSSR count). The van der Waals surface area contributed by atoms with Gasteiger partial charge in [-0.25, -0.2) is 8.42 Å². The van der Waals surface area contributed by atoms with Gasteiger partial charge in [-0.05, 0) is 53.4 Å². The van der Waals surface area contributed by atoms with Crippen LogP contribution in [0.5, 0.6) is 5.75 Å². The van der Waals surface area contributed by atoms with Gasteiger partial charge in [0.2, 0.25) is 0 Å². The van der Waals surface area contributed by atoms with Crippen LogP contribution in [-0.4, -0.2) is 38.8 Å². The van der Waals surface area contributed by atoms with E-state index >= 15 is 0 Å². The summed E-state index contributed by atoms with van der Waals surface area (Å²) in [6.45, 7) is 4.50. The van der Waals surface area contributed by atoms with Crippen molar-refractivity contribution >= 4 is 26.6 Å². The summed E-state index contributed by atoms with van der Waals surface area (Å²) in [5.41, 5.74) is 2.54. The van der Waals surface area contributed by atoms with Crippen molar-refractivity contribution in [3.63, 3.8) is 0 Å². The maximum absolute atomic E-state index is 13.5. The number of nitrogens with zero attached hydrogens (tertiary/aromatic N) is 2. The average Bonchev–Trinajstić information content (AvgIpc) is 3.18. The second kappa shape index (κ2) is 7.52. The first-order valence-electron chi connectivity index (χ1n) is 9.60. The van der Waals surface area contributed by atoms with E-state index in [0.717, 1.165) is 21.9 Å². The predicted molar refractivity (Wildman–Crippen MR) is 116 cm³/mol. The molecular formula is C23H24N2O3S. The fraction of sp³-hybridized carbons (Fsp3) is 0.261. The molecule has 0 atom stereocenters. The zero-order chi connectivity index (χ0) is 20.6. The Morgan fingerprint density at radius 3 is 2.59 bits per heavy atom. The fourth-order valence-corrected chi connectivity index (χ4v) is 5.63. The van der Waals surface area contributed by atoms with Gasteiger partial charge in [-0.2, -0.15) is 0 Å². The molecule has 0 N–H and O–H groups in total. The van der Waals surface area contributed by atoms with Crippen molar-refractivity contribution in [2.24, 2.45) is 4.99 Å². The number of benzene rings is 3. The van der Waals surface area contributed by atoms with Crippen LogP contribution < -0.4 is 4.74 Å². The van der Waals surface area contributed by atoms with E-state index in [-0.39, 0.29) is 0 Å². The number of ether oxygens (including phenoxy) is 1. The summed E-state index contributed by atoms with van der Waals surface area (Å²) in [4.78, 5) is 4.84. The first kappa shape index (κ1) is 19.5. The Balaban J connectivity index is 1.70. The highest BCUT2D eigenvalue weighted by molar-refractivity contribution is 7.89. The van der Waals surface area contributed by atoms with Crippen molar-refractivity contribution in [2.45, 2.75) is 25.2 Å².